The molecular weight excluding hydrogens is 466 g/mol. The highest BCUT2D eigenvalue weighted by molar-refractivity contribution is 7.98. The summed E-state index contributed by atoms with van der Waals surface area (Å²) in [5.41, 5.74) is 2.90. The highest BCUT2D eigenvalue weighted by Crippen LogP contribution is 2.23. The third-order valence-corrected chi connectivity index (χ3v) is 6.77. The third kappa shape index (κ3) is 6.49. The molecule has 0 aliphatic rings. The molecule has 0 aliphatic heterocycles. The van der Waals surface area contributed by atoms with Crippen molar-refractivity contribution in [1.82, 2.24) is 14.9 Å². The fourth-order valence-electron chi connectivity index (χ4n) is 3.66. The zero-order valence-electron chi connectivity index (χ0n) is 18.7. The van der Waals surface area contributed by atoms with Crippen molar-refractivity contribution in [2.75, 3.05) is 6.54 Å². The van der Waals surface area contributed by atoms with Crippen LogP contribution in [0.2, 0.25) is 5.02 Å². The molecule has 4 aromatic rings. The molecule has 4 rings (SSSR count). The molecule has 1 heterocycles. The standard InChI is InChI=1S/C27H26ClN3O2S/c28-22-14-12-21(13-15-22)19-34-27-30-24-10-5-4-9-23(24)26(33)31(27)18-6-11-25(32)29-17-16-20-7-2-1-3-8-20/h1-5,7-10,12-15H,6,11,16-19H2,(H,29,32). The second kappa shape index (κ2) is 11.9. The first kappa shape index (κ1) is 24.0. The van der Waals surface area contributed by atoms with Gasteiger partial charge in [0.1, 0.15) is 0 Å². The minimum absolute atomic E-state index is 0.00639. The van der Waals surface area contributed by atoms with Gasteiger partial charge in [0.2, 0.25) is 5.91 Å². The Hall–Kier alpha value is -3.09. The smallest absolute Gasteiger partial charge is 0.262 e. The number of benzene rings is 3. The highest BCUT2D eigenvalue weighted by atomic mass is 35.5. The van der Waals surface area contributed by atoms with E-state index < -0.39 is 0 Å². The number of carbonyl (C=O) groups is 1. The Kier molecular flexibility index (Phi) is 8.39. The topological polar surface area (TPSA) is 64.0 Å². The van der Waals surface area contributed by atoms with Crippen LogP contribution in [0.1, 0.15) is 24.0 Å². The number of aromatic nitrogens is 2. The van der Waals surface area contributed by atoms with Crippen molar-refractivity contribution in [3.8, 4) is 0 Å². The zero-order valence-corrected chi connectivity index (χ0v) is 20.3. The highest BCUT2D eigenvalue weighted by Gasteiger charge is 2.12. The molecule has 0 bridgehead atoms. The van der Waals surface area contributed by atoms with Gasteiger partial charge < -0.3 is 5.32 Å². The molecule has 0 atom stereocenters. The quantitative estimate of drug-likeness (QED) is 0.235. The van der Waals surface area contributed by atoms with E-state index in [9.17, 15) is 9.59 Å². The van der Waals surface area contributed by atoms with Gasteiger partial charge in [-0.1, -0.05) is 78.0 Å². The number of rotatable bonds is 10. The Labute approximate surface area is 208 Å². The Balaban J connectivity index is 1.40. The molecule has 174 valence electrons. The first-order valence-corrected chi connectivity index (χ1v) is 12.6. The molecule has 0 spiro atoms. The first-order chi connectivity index (χ1) is 16.6. The van der Waals surface area contributed by atoms with Crippen LogP contribution in [0, 0.1) is 0 Å². The molecule has 1 aromatic heterocycles. The Bertz CT molecular complexity index is 1310. The lowest BCUT2D eigenvalue weighted by Crippen LogP contribution is -2.27. The molecule has 34 heavy (non-hydrogen) atoms. The SMILES string of the molecule is O=C(CCCn1c(SCc2ccc(Cl)cc2)nc2ccccc2c1=O)NCCc1ccccc1. The van der Waals surface area contributed by atoms with Crippen LogP contribution in [0.15, 0.2) is 88.8 Å². The van der Waals surface area contributed by atoms with Crippen LogP contribution >= 0.6 is 23.4 Å². The molecule has 3 aromatic carbocycles. The van der Waals surface area contributed by atoms with E-state index in [2.05, 4.69) is 17.4 Å². The summed E-state index contributed by atoms with van der Waals surface area (Å²) in [4.78, 5) is 30.3. The molecule has 1 amide bonds. The van der Waals surface area contributed by atoms with Gasteiger partial charge in [-0.3, -0.25) is 14.2 Å². The summed E-state index contributed by atoms with van der Waals surface area (Å²) in [5, 5.41) is 4.91. The Morgan fingerprint density at radius 3 is 2.47 bits per heavy atom. The van der Waals surface area contributed by atoms with Crippen LogP contribution in [0.5, 0.6) is 0 Å². The average molecular weight is 492 g/mol. The van der Waals surface area contributed by atoms with Crippen molar-refractivity contribution < 1.29 is 4.79 Å². The molecule has 7 heteroatoms. The maximum absolute atomic E-state index is 13.2. The molecule has 0 saturated heterocycles. The molecule has 0 aliphatic carbocycles. The Morgan fingerprint density at radius 2 is 1.68 bits per heavy atom. The lowest BCUT2D eigenvalue weighted by molar-refractivity contribution is -0.121. The number of halogens is 1. The molecule has 0 saturated carbocycles. The van der Waals surface area contributed by atoms with Crippen LogP contribution in [-0.4, -0.2) is 22.0 Å². The number of amides is 1. The second-order valence-electron chi connectivity index (χ2n) is 7.97. The van der Waals surface area contributed by atoms with Gasteiger partial charge in [-0.2, -0.15) is 0 Å². The summed E-state index contributed by atoms with van der Waals surface area (Å²) in [6.07, 6.45) is 1.72. The van der Waals surface area contributed by atoms with Gasteiger partial charge in [0.25, 0.3) is 5.56 Å². The lowest BCUT2D eigenvalue weighted by Gasteiger charge is -2.13. The number of fused-ring (bicyclic) bond motifs is 1. The predicted octanol–water partition coefficient (Wildman–Crippen LogP) is 5.48. The van der Waals surface area contributed by atoms with Gasteiger partial charge in [0, 0.05) is 30.3 Å². The molecule has 0 fully saturated rings. The lowest BCUT2D eigenvalue weighted by atomic mass is 10.1. The maximum Gasteiger partial charge on any atom is 0.262 e. The van der Waals surface area contributed by atoms with Gasteiger partial charge in [0.05, 0.1) is 10.9 Å². The minimum Gasteiger partial charge on any atom is -0.356 e. The van der Waals surface area contributed by atoms with E-state index in [0.717, 1.165) is 12.0 Å². The van der Waals surface area contributed by atoms with Crippen LogP contribution in [-0.2, 0) is 23.5 Å². The molecule has 0 unspecified atom stereocenters. The number of hydrogen-bond donors (Lipinski definition) is 1. The number of nitrogens with one attached hydrogen (secondary N) is 1. The van der Waals surface area contributed by atoms with E-state index in [1.807, 2.05) is 60.7 Å². The van der Waals surface area contributed by atoms with Crippen molar-refractivity contribution >= 4 is 40.2 Å². The summed E-state index contributed by atoms with van der Waals surface area (Å²) >= 11 is 7.50. The fourth-order valence-corrected chi connectivity index (χ4v) is 4.77. The predicted molar refractivity (Wildman–Crippen MR) is 139 cm³/mol. The van der Waals surface area contributed by atoms with Crippen molar-refractivity contribution in [1.29, 1.82) is 0 Å². The fraction of sp³-hybridized carbons (Fsp3) is 0.222. The number of carbonyl (C=O) groups excluding carboxylic acids is 1. The summed E-state index contributed by atoms with van der Waals surface area (Å²) in [6, 6.07) is 25.1. The van der Waals surface area contributed by atoms with Crippen molar-refractivity contribution in [3.63, 3.8) is 0 Å². The zero-order chi connectivity index (χ0) is 23.8. The molecular formula is C27H26ClN3O2S. The van der Waals surface area contributed by atoms with E-state index in [-0.39, 0.29) is 11.5 Å². The summed E-state index contributed by atoms with van der Waals surface area (Å²) in [7, 11) is 0. The van der Waals surface area contributed by atoms with Crippen LogP contribution in [0.3, 0.4) is 0 Å². The van der Waals surface area contributed by atoms with Crippen molar-refractivity contribution in [2.24, 2.45) is 0 Å². The summed E-state index contributed by atoms with van der Waals surface area (Å²) in [6.45, 7) is 1.04. The first-order valence-electron chi connectivity index (χ1n) is 11.3. The van der Waals surface area contributed by atoms with Gasteiger partial charge in [-0.15, -0.1) is 0 Å². The maximum atomic E-state index is 13.2. The van der Waals surface area contributed by atoms with Crippen LogP contribution in [0.25, 0.3) is 10.9 Å². The summed E-state index contributed by atoms with van der Waals surface area (Å²) in [5.74, 6) is 0.662. The Morgan fingerprint density at radius 1 is 0.941 bits per heavy atom. The van der Waals surface area contributed by atoms with Crippen molar-refractivity contribution in [3.05, 3.63) is 105 Å². The van der Waals surface area contributed by atoms with Gasteiger partial charge in [-0.05, 0) is 48.2 Å². The van der Waals surface area contributed by atoms with Crippen molar-refractivity contribution in [2.45, 2.75) is 36.7 Å². The molecule has 5 nitrogen and oxygen atoms in total. The van der Waals surface area contributed by atoms with E-state index >= 15 is 0 Å². The van der Waals surface area contributed by atoms with E-state index in [1.165, 1.54) is 17.3 Å². The van der Waals surface area contributed by atoms with Crippen LogP contribution in [0.4, 0.5) is 0 Å². The van der Waals surface area contributed by atoms with E-state index in [0.29, 0.717) is 52.8 Å². The third-order valence-electron chi connectivity index (χ3n) is 5.47. The number of hydrogen-bond acceptors (Lipinski definition) is 4. The van der Waals surface area contributed by atoms with Crippen LogP contribution < -0.4 is 10.9 Å². The minimum atomic E-state index is -0.0753. The average Bonchev–Trinajstić information content (AvgIpc) is 2.86. The van der Waals surface area contributed by atoms with Gasteiger partial charge in [0.15, 0.2) is 5.16 Å². The monoisotopic (exact) mass is 491 g/mol. The van der Waals surface area contributed by atoms with Gasteiger partial charge >= 0.3 is 0 Å². The molecule has 1 N–H and O–H groups in total. The normalized spacial score (nSPS) is 11.0. The number of nitrogens with zero attached hydrogens (tertiary/aromatic N) is 2. The molecule has 0 radical (unpaired) electrons. The van der Waals surface area contributed by atoms with E-state index in [4.69, 9.17) is 16.6 Å². The number of para-hydroxylation sites is 1. The largest absolute Gasteiger partial charge is 0.356 e. The second-order valence-corrected chi connectivity index (χ2v) is 9.35. The number of thioether (sulfide) groups is 1. The van der Waals surface area contributed by atoms with Gasteiger partial charge in [-0.25, -0.2) is 4.98 Å². The van der Waals surface area contributed by atoms with E-state index in [1.54, 1.807) is 10.6 Å². The summed E-state index contributed by atoms with van der Waals surface area (Å²) < 4.78 is 1.69.